The monoisotopic (exact) mass is 345 g/mol. The molecule has 25 heavy (non-hydrogen) atoms. The van der Waals surface area contributed by atoms with Crippen LogP contribution < -0.4 is 5.32 Å². The minimum atomic E-state index is 0.140. The normalized spacial score (nSPS) is 18.0. The molecule has 2 aliphatic heterocycles. The molecule has 7 heteroatoms. The molecule has 0 atom stereocenters. The van der Waals surface area contributed by atoms with Crippen molar-refractivity contribution in [3.05, 3.63) is 17.1 Å². The van der Waals surface area contributed by atoms with Crippen molar-refractivity contribution in [1.29, 1.82) is 0 Å². The van der Waals surface area contributed by atoms with Gasteiger partial charge in [0.1, 0.15) is 11.6 Å². The van der Waals surface area contributed by atoms with Gasteiger partial charge in [-0.1, -0.05) is 6.92 Å². The maximum Gasteiger partial charge on any atom is 0.222 e. The number of fused-ring (bicyclic) bond motifs is 1. The Morgan fingerprint density at radius 3 is 2.48 bits per heavy atom. The number of anilines is 1. The van der Waals surface area contributed by atoms with E-state index in [1.54, 1.807) is 6.92 Å². The molecule has 2 aliphatic rings. The fourth-order valence-corrected chi connectivity index (χ4v) is 3.71. The molecule has 3 rings (SSSR count). The van der Waals surface area contributed by atoms with Crippen LogP contribution in [0.25, 0.3) is 0 Å². The number of hydrogen-bond donors (Lipinski definition) is 1. The van der Waals surface area contributed by atoms with E-state index >= 15 is 0 Å². The van der Waals surface area contributed by atoms with Gasteiger partial charge >= 0.3 is 0 Å². The fourth-order valence-electron chi connectivity index (χ4n) is 3.71. The van der Waals surface area contributed by atoms with Gasteiger partial charge in [0.2, 0.25) is 11.8 Å². The second-order valence-electron chi connectivity index (χ2n) is 6.80. The Labute approximate surface area is 148 Å². The van der Waals surface area contributed by atoms with Crippen LogP contribution in [0, 0.1) is 0 Å². The Morgan fingerprint density at radius 2 is 1.88 bits per heavy atom. The van der Waals surface area contributed by atoms with Gasteiger partial charge in [-0.25, -0.2) is 9.97 Å². The summed E-state index contributed by atoms with van der Waals surface area (Å²) in [6, 6.07) is 0. The highest BCUT2D eigenvalue weighted by molar-refractivity contribution is 5.76. The molecule has 0 spiro atoms. The van der Waals surface area contributed by atoms with Gasteiger partial charge in [0.15, 0.2) is 0 Å². The minimum Gasteiger partial charge on any atom is -0.373 e. The minimum absolute atomic E-state index is 0.140. The molecule has 1 saturated heterocycles. The Bertz CT molecular complexity index is 650. The van der Waals surface area contributed by atoms with E-state index in [9.17, 15) is 9.59 Å². The van der Waals surface area contributed by atoms with Crippen molar-refractivity contribution < 1.29 is 9.59 Å². The van der Waals surface area contributed by atoms with Gasteiger partial charge in [-0.05, 0) is 12.8 Å². The van der Waals surface area contributed by atoms with Gasteiger partial charge in [0.25, 0.3) is 0 Å². The maximum absolute atomic E-state index is 12.0. The van der Waals surface area contributed by atoms with Crippen LogP contribution in [0.5, 0.6) is 0 Å². The van der Waals surface area contributed by atoms with Gasteiger partial charge in [-0.3, -0.25) is 9.59 Å². The van der Waals surface area contributed by atoms with Crippen molar-refractivity contribution in [3.63, 3.8) is 0 Å². The highest BCUT2D eigenvalue weighted by Crippen LogP contribution is 2.30. The lowest BCUT2D eigenvalue weighted by atomic mass is 9.95. The van der Waals surface area contributed by atoms with Crippen LogP contribution in [0.1, 0.15) is 56.1 Å². The van der Waals surface area contributed by atoms with Crippen LogP contribution in [0.15, 0.2) is 0 Å². The average molecular weight is 345 g/mol. The molecule has 136 valence electrons. The van der Waals surface area contributed by atoms with Crippen LogP contribution in [-0.4, -0.2) is 58.3 Å². The topological polar surface area (TPSA) is 78.4 Å². The number of aromatic nitrogens is 2. The molecule has 3 heterocycles. The number of carbonyl (C=O) groups excluding carboxylic acids is 2. The standard InChI is InChI=1S/C18H27N5O2/c1-4-16(25)23-10-7-15-14(11-23)18(19-3)21-17(20-15)13-5-8-22(9-6-13)12(2)24/h13H,4-11H2,1-3H3,(H,19,20,21). The van der Waals surface area contributed by atoms with Crippen LogP contribution in [0.4, 0.5) is 5.82 Å². The quantitative estimate of drug-likeness (QED) is 0.899. The van der Waals surface area contributed by atoms with E-state index in [2.05, 4.69) is 5.32 Å². The zero-order chi connectivity index (χ0) is 18.0. The van der Waals surface area contributed by atoms with Crippen LogP contribution in [0.2, 0.25) is 0 Å². The second kappa shape index (κ2) is 7.37. The van der Waals surface area contributed by atoms with Gasteiger partial charge in [-0.15, -0.1) is 0 Å². The summed E-state index contributed by atoms with van der Waals surface area (Å²) in [5.74, 6) is 2.32. The molecule has 0 unspecified atom stereocenters. The predicted molar refractivity (Wildman–Crippen MR) is 95.2 cm³/mol. The van der Waals surface area contributed by atoms with Crippen molar-refractivity contribution in [2.24, 2.45) is 0 Å². The van der Waals surface area contributed by atoms with E-state index in [4.69, 9.17) is 9.97 Å². The van der Waals surface area contributed by atoms with Crippen molar-refractivity contribution in [1.82, 2.24) is 19.8 Å². The lowest BCUT2D eigenvalue weighted by Gasteiger charge is -2.32. The third-order valence-corrected chi connectivity index (χ3v) is 5.27. The number of likely N-dealkylation sites (tertiary alicyclic amines) is 1. The van der Waals surface area contributed by atoms with Crippen LogP contribution in [0.3, 0.4) is 0 Å². The predicted octanol–water partition coefficient (Wildman–Crippen LogP) is 1.54. The summed E-state index contributed by atoms with van der Waals surface area (Å²) < 4.78 is 0. The summed E-state index contributed by atoms with van der Waals surface area (Å²) >= 11 is 0. The molecule has 0 bridgehead atoms. The third kappa shape index (κ3) is 3.60. The van der Waals surface area contributed by atoms with Crippen molar-refractivity contribution in [3.8, 4) is 0 Å². The lowest BCUT2D eigenvalue weighted by Crippen LogP contribution is -2.38. The smallest absolute Gasteiger partial charge is 0.222 e. The van der Waals surface area contributed by atoms with Crippen molar-refractivity contribution in [2.75, 3.05) is 32.0 Å². The first-order valence-electron chi connectivity index (χ1n) is 9.14. The fraction of sp³-hybridized carbons (Fsp3) is 0.667. The van der Waals surface area contributed by atoms with Crippen LogP contribution >= 0.6 is 0 Å². The molecular weight excluding hydrogens is 318 g/mol. The highest BCUT2D eigenvalue weighted by Gasteiger charge is 2.28. The summed E-state index contributed by atoms with van der Waals surface area (Å²) in [6.45, 7) is 6.37. The molecule has 1 fully saturated rings. The zero-order valence-corrected chi connectivity index (χ0v) is 15.3. The average Bonchev–Trinajstić information content (AvgIpc) is 2.66. The van der Waals surface area contributed by atoms with Gasteiger partial charge in [0, 0.05) is 57.9 Å². The van der Waals surface area contributed by atoms with Gasteiger partial charge < -0.3 is 15.1 Å². The van der Waals surface area contributed by atoms with Gasteiger partial charge in [-0.2, -0.15) is 0 Å². The molecule has 1 aromatic heterocycles. The number of nitrogens with one attached hydrogen (secondary N) is 1. The number of hydrogen-bond acceptors (Lipinski definition) is 5. The van der Waals surface area contributed by atoms with Crippen LogP contribution in [-0.2, 0) is 22.6 Å². The van der Waals surface area contributed by atoms with E-state index < -0.39 is 0 Å². The summed E-state index contributed by atoms with van der Waals surface area (Å²) in [6.07, 6.45) is 3.11. The second-order valence-corrected chi connectivity index (χ2v) is 6.80. The third-order valence-electron chi connectivity index (χ3n) is 5.27. The summed E-state index contributed by atoms with van der Waals surface area (Å²) in [4.78, 5) is 36.9. The number of piperidine rings is 1. The Morgan fingerprint density at radius 1 is 1.16 bits per heavy atom. The van der Waals surface area contributed by atoms with Crippen molar-refractivity contribution >= 4 is 17.6 Å². The van der Waals surface area contributed by atoms with E-state index in [0.29, 0.717) is 18.9 Å². The molecule has 1 aromatic rings. The van der Waals surface area contributed by atoms with E-state index in [0.717, 1.165) is 61.8 Å². The van der Waals surface area contributed by atoms with Crippen molar-refractivity contribution in [2.45, 2.75) is 52.0 Å². The zero-order valence-electron chi connectivity index (χ0n) is 15.3. The maximum atomic E-state index is 12.0. The SMILES string of the molecule is CCC(=O)N1CCc2nc(C3CCN(C(C)=O)CC3)nc(NC)c2C1. The summed E-state index contributed by atoms with van der Waals surface area (Å²) in [7, 11) is 1.87. The largest absolute Gasteiger partial charge is 0.373 e. The number of carbonyl (C=O) groups is 2. The lowest BCUT2D eigenvalue weighted by molar-refractivity contribution is -0.132. The first-order chi connectivity index (χ1) is 12.0. The Balaban J connectivity index is 1.80. The molecule has 0 saturated carbocycles. The van der Waals surface area contributed by atoms with E-state index in [-0.39, 0.29) is 11.8 Å². The summed E-state index contributed by atoms with van der Waals surface area (Å²) in [5, 5.41) is 3.19. The molecule has 2 amide bonds. The molecule has 0 radical (unpaired) electrons. The summed E-state index contributed by atoms with van der Waals surface area (Å²) in [5.41, 5.74) is 2.10. The Hall–Kier alpha value is -2.18. The number of nitrogens with zero attached hydrogens (tertiary/aromatic N) is 4. The number of rotatable bonds is 3. The Kier molecular flexibility index (Phi) is 5.20. The first-order valence-corrected chi connectivity index (χ1v) is 9.14. The van der Waals surface area contributed by atoms with Gasteiger partial charge in [0.05, 0.1) is 12.2 Å². The first kappa shape index (κ1) is 17.6. The molecule has 0 aliphatic carbocycles. The highest BCUT2D eigenvalue weighted by atomic mass is 16.2. The van der Waals surface area contributed by atoms with E-state index in [1.165, 1.54) is 0 Å². The molecule has 1 N–H and O–H groups in total. The molecule has 7 nitrogen and oxygen atoms in total. The van der Waals surface area contributed by atoms with E-state index in [1.807, 2.05) is 23.8 Å². The molecular formula is C18H27N5O2. The molecule has 0 aromatic carbocycles. The number of amides is 2.